The number of furan rings is 1. The highest BCUT2D eigenvalue weighted by Crippen LogP contribution is 2.25. The average molecular weight is 316 g/mol. The average Bonchev–Trinajstić information content (AvgIpc) is 3.04. The zero-order valence-electron chi connectivity index (χ0n) is 12.2. The second-order valence-corrected chi connectivity index (χ2v) is 5.43. The van der Waals surface area contributed by atoms with E-state index in [1.165, 1.54) is 6.26 Å². The largest absolute Gasteiger partial charge is 0.457 e. The molecule has 2 aromatic heterocycles. The molecule has 0 atom stereocenters. The fraction of sp³-hybridized carbons (Fsp3) is 0.176. The number of rotatable bonds is 3. The fourth-order valence-corrected chi connectivity index (χ4v) is 2.41. The third-order valence-corrected chi connectivity index (χ3v) is 3.95. The molecule has 5 heteroatoms. The molecule has 0 spiro atoms. The lowest BCUT2D eigenvalue weighted by molar-refractivity contribution is 0.0436. The third-order valence-electron chi connectivity index (χ3n) is 3.62. The summed E-state index contributed by atoms with van der Waals surface area (Å²) in [6, 6.07) is 9.10. The topological polar surface area (TPSA) is 52.3 Å². The Bertz CT molecular complexity index is 841. The van der Waals surface area contributed by atoms with E-state index in [-0.39, 0.29) is 12.4 Å². The zero-order valence-corrected chi connectivity index (χ0v) is 13.0. The summed E-state index contributed by atoms with van der Waals surface area (Å²) in [5, 5.41) is 1.31. The van der Waals surface area contributed by atoms with E-state index in [0.29, 0.717) is 10.7 Å². The highest BCUT2D eigenvalue weighted by molar-refractivity contribution is 6.30. The minimum absolute atomic E-state index is 0.0498. The molecular formula is C17H14ClNO3. The Morgan fingerprint density at radius 3 is 2.86 bits per heavy atom. The van der Waals surface area contributed by atoms with Gasteiger partial charge in [0.25, 0.3) is 0 Å². The predicted octanol–water partition coefficient (Wildman–Crippen LogP) is 4.46. The van der Waals surface area contributed by atoms with Crippen LogP contribution < -0.4 is 0 Å². The van der Waals surface area contributed by atoms with E-state index < -0.39 is 5.97 Å². The van der Waals surface area contributed by atoms with Gasteiger partial charge >= 0.3 is 5.97 Å². The van der Waals surface area contributed by atoms with Gasteiger partial charge in [-0.2, -0.15) is 0 Å². The van der Waals surface area contributed by atoms with Crippen LogP contribution in [0.4, 0.5) is 0 Å². The number of pyridine rings is 1. The number of hydrogen-bond acceptors (Lipinski definition) is 4. The maximum atomic E-state index is 11.8. The van der Waals surface area contributed by atoms with Crippen LogP contribution in [0.3, 0.4) is 0 Å². The summed E-state index contributed by atoms with van der Waals surface area (Å²) in [4.78, 5) is 16.2. The van der Waals surface area contributed by atoms with Crippen LogP contribution in [0.1, 0.15) is 27.2 Å². The third kappa shape index (κ3) is 2.70. The van der Waals surface area contributed by atoms with Crippen molar-refractivity contribution in [3.05, 3.63) is 64.2 Å². The van der Waals surface area contributed by atoms with E-state index in [1.54, 1.807) is 12.1 Å². The van der Waals surface area contributed by atoms with Crippen molar-refractivity contribution in [1.82, 2.24) is 4.98 Å². The van der Waals surface area contributed by atoms with E-state index in [4.69, 9.17) is 20.8 Å². The molecule has 0 N–H and O–H groups in total. The molecule has 0 saturated heterocycles. The molecule has 0 fully saturated rings. The monoisotopic (exact) mass is 315 g/mol. The second kappa shape index (κ2) is 5.81. The molecule has 3 rings (SSSR count). The standard InChI is InChI=1S/C17H14ClNO3/c1-10-5-6-12-8-13(16(18)19-15(12)11(10)2)9-22-17(20)14-4-3-7-21-14/h3-8H,9H2,1-2H3. The lowest BCUT2D eigenvalue weighted by Crippen LogP contribution is -2.05. The number of nitrogens with zero attached hydrogens (tertiary/aromatic N) is 1. The van der Waals surface area contributed by atoms with Crippen LogP contribution in [0.25, 0.3) is 10.9 Å². The van der Waals surface area contributed by atoms with Crippen LogP contribution >= 0.6 is 11.6 Å². The van der Waals surface area contributed by atoms with E-state index in [1.807, 2.05) is 32.0 Å². The van der Waals surface area contributed by atoms with Gasteiger partial charge in [0.15, 0.2) is 0 Å². The summed E-state index contributed by atoms with van der Waals surface area (Å²) < 4.78 is 10.2. The molecule has 0 aliphatic carbocycles. The number of aromatic nitrogens is 1. The van der Waals surface area contributed by atoms with Crippen molar-refractivity contribution in [3.63, 3.8) is 0 Å². The molecule has 22 heavy (non-hydrogen) atoms. The van der Waals surface area contributed by atoms with Crippen molar-refractivity contribution in [2.75, 3.05) is 0 Å². The highest BCUT2D eigenvalue weighted by Gasteiger charge is 2.13. The number of esters is 1. The van der Waals surface area contributed by atoms with Crippen LogP contribution in [0.2, 0.25) is 5.15 Å². The highest BCUT2D eigenvalue weighted by atomic mass is 35.5. The van der Waals surface area contributed by atoms with E-state index in [2.05, 4.69) is 4.98 Å². The quantitative estimate of drug-likeness (QED) is 0.529. The number of carbonyl (C=O) groups excluding carboxylic acids is 1. The second-order valence-electron chi connectivity index (χ2n) is 5.07. The summed E-state index contributed by atoms with van der Waals surface area (Å²) >= 11 is 6.21. The van der Waals surface area contributed by atoms with Crippen molar-refractivity contribution >= 4 is 28.5 Å². The minimum atomic E-state index is -0.527. The van der Waals surface area contributed by atoms with Gasteiger partial charge in [0.1, 0.15) is 11.8 Å². The SMILES string of the molecule is Cc1ccc2cc(COC(=O)c3ccco3)c(Cl)nc2c1C. The molecule has 0 amide bonds. The zero-order chi connectivity index (χ0) is 15.7. The Morgan fingerprint density at radius 2 is 2.14 bits per heavy atom. The molecular weight excluding hydrogens is 302 g/mol. The molecule has 3 aromatic rings. The van der Waals surface area contributed by atoms with Crippen molar-refractivity contribution in [2.45, 2.75) is 20.5 Å². The molecule has 0 aliphatic rings. The minimum Gasteiger partial charge on any atom is -0.457 e. The summed E-state index contributed by atoms with van der Waals surface area (Å²) in [6.07, 6.45) is 1.42. The first-order chi connectivity index (χ1) is 10.6. The van der Waals surface area contributed by atoms with Gasteiger partial charge in [-0.1, -0.05) is 23.7 Å². The number of fused-ring (bicyclic) bond motifs is 1. The number of aryl methyl sites for hydroxylation is 2. The Hall–Kier alpha value is -2.33. The maximum absolute atomic E-state index is 11.8. The molecule has 0 radical (unpaired) electrons. The molecule has 4 nitrogen and oxygen atoms in total. The van der Waals surface area contributed by atoms with E-state index in [0.717, 1.165) is 22.0 Å². The van der Waals surface area contributed by atoms with Crippen LogP contribution in [0.15, 0.2) is 41.0 Å². The van der Waals surface area contributed by atoms with Crippen LogP contribution in [-0.4, -0.2) is 11.0 Å². The molecule has 0 unspecified atom stereocenters. The first-order valence-electron chi connectivity index (χ1n) is 6.82. The Labute approximate surface area is 132 Å². The first-order valence-corrected chi connectivity index (χ1v) is 7.20. The van der Waals surface area contributed by atoms with Crippen LogP contribution in [0, 0.1) is 13.8 Å². The van der Waals surface area contributed by atoms with Gasteiger partial charge in [0, 0.05) is 10.9 Å². The Balaban J connectivity index is 1.87. The van der Waals surface area contributed by atoms with Crippen molar-refractivity contribution in [2.24, 2.45) is 0 Å². The van der Waals surface area contributed by atoms with Gasteiger partial charge in [0.2, 0.25) is 5.76 Å². The molecule has 0 saturated carbocycles. The van der Waals surface area contributed by atoms with Gasteiger partial charge in [-0.05, 0) is 43.2 Å². The number of benzene rings is 1. The normalized spacial score (nSPS) is 10.9. The van der Waals surface area contributed by atoms with Gasteiger partial charge in [0.05, 0.1) is 11.8 Å². The van der Waals surface area contributed by atoms with Crippen molar-refractivity contribution in [1.29, 1.82) is 0 Å². The molecule has 2 heterocycles. The summed E-state index contributed by atoms with van der Waals surface area (Å²) in [7, 11) is 0. The van der Waals surface area contributed by atoms with Gasteiger partial charge in [-0.15, -0.1) is 0 Å². The first kappa shape index (κ1) is 14.6. The molecule has 1 aromatic carbocycles. The van der Waals surface area contributed by atoms with Crippen LogP contribution in [0.5, 0.6) is 0 Å². The maximum Gasteiger partial charge on any atom is 0.374 e. The lowest BCUT2D eigenvalue weighted by atomic mass is 10.0. The number of hydrogen-bond donors (Lipinski definition) is 0. The predicted molar refractivity (Wildman–Crippen MR) is 84.1 cm³/mol. The summed E-state index contributed by atoms with van der Waals surface area (Å²) in [5.41, 5.74) is 3.79. The summed E-state index contributed by atoms with van der Waals surface area (Å²) in [5.74, 6) is -0.363. The number of carbonyl (C=O) groups is 1. The Morgan fingerprint density at radius 1 is 1.32 bits per heavy atom. The van der Waals surface area contributed by atoms with Crippen LogP contribution in [-0.2, 0) is 11.3 Å². The van der Waals surface area contributed by atoms with E-state index >= 15 is 0 Å². The van der Waals surface area contributed by atoms with Gasteiger partial charge in [-0.25, -0.2) is 9.78 Å². The van der Waals surface area contributed by atoms with Gasteiger partial charge < -0.3 is 9.15 Å². The molecule has 112 valence electrons. The fourth-order valence-electron chi connectivity index (χ4n) is 2.21. The van der Waals surface area contributed by atoms with Crippen molar-refractivity contribution in [3.8, 4) is 0 Å². The van der Waals surface area contributed by atoms with Gasteiger partial charge in [-0.3, -0.25) is 0 Å². The Kier molecular flexibility index (Phi) is 3.86. The van der Waals surface area contributed by atoms with E-state index in [9.17, 15) is 4.79 Å². The van der Waals surface area contributed by atoms with Crippen molar-refractivity contribution < 1.29 is 13.9 Å². The number of ether oxygens (including phenoxy) is 1. The summed E-state index contributed by atoms with van der Waals surface area (Å²) in [6.45, 7) is 4.09. The lowest BCUT2D eigenvalue weighted by Gasteiger charge is -2.09. The number of halogens is 1. The molecule has 0 bridgehead atoms. The molecule has 0 aliphatic heterocycles. The smallest absolute Gasteiger partial charge is 0.374 e.